The highest BCUT2D eigenvalue weighted by Crippen LogP contribution is 2.45. The predicted molar refractivity (Wildman–Crippen MR) is 39.7 cm³/mol. The number of hydrogen-bond acceptors (Lipinski definition) is 5. The van der Waals surface area contributed by atoms with Crippen molar-refractivity contribution in [2.45, 2.75) is 0 Å². The predicted octanol–water partition coefficient (Wildman–Crippen LogP) is 1.39. The average Bonchev–Trinajstić information content (AvgIpc) is 1.76. The van der Waals surface area contributed by atoms with Crippen molar-refractivity contribution in [3.8, 4) is 6.07 Å². The van der Waals surface area contributed by atoms with Gasteiger partial charge in [0.25, 0.3) is 0 Å². The molecule has 4 nitrogen and oxygen atoms in total. The Morgan fingerprint density at radius 3 is 2.50 bits per heavy atom. The van der Waals surface area contributed by atoms with Gasteiger partial charge in [0.05, 0.1) is 10.0 Å². The van der Waals surface area contributed by atoms with Crippen LogP contribution in [0.1, 0.15) is 0 Å². The second kappa shape index (κ2) is 2.94. The smallest absolute Gasteiger partial charge is 0.258 e. The third-order valence-electron chi connectivity index (χ3n) is 0.862. The Labute approximate surface area is 65.4 Å². The van der Waals surface area contributed by atoms with Gasteiger partial charge in [0.2, 0.25) is 0 Å². The molecule has 1 heterocycles. The molecule has 0 aliphatic carbocycles. The van der Waals surface area contributed by atoms with Gasteiger partial charge in [-0.15, -0.1) is 23.5 Å². The summed E-state index contributed by atoms with van der Waals surface area (Å²) in [7, 11) is 0. The monoisotopic (exact) mass is 174 g/mol. The van der Waals surface area contributed by atoms with Crippen LogP contribution in [0.15, 0.2) is 9.93 Å². The van der Waals surface area contributed by atoms with Crippen molar-refractivity contribution in [2.75, 3.05) is 5.08 Å². The fourth-order valence-corrected chi connectivity index (χ4v) is 1.87. The van der Waals surface area contributed by atoms with Gasteiger partial charge in [0.1, 0.15) is 4.24 Å². The minimum Gasteiger partial charge on any atom is -0.258 e. The van der Waals surface area contributed by atoms with E-state index in [0.717, 1.165) is 5.08 Å². The number of hydrogen-bond donors (Lipinski definition) is 0. The highest BCUT2D eigenvalue weighted by molar-refractivity contribution is 8.37. The van der Waals surface area contributed by atoms with Crippen LogP contribution in [0.5, 0.6) is 0 Å². The van der Waals surface area contributed by atoms with Crippen molar-refractivity contribution < 1.29 is 4.92 Å². The second-order valence-electron chi connectivity index (χ2n) is 1.41. The molecule has 0 unspecified atom stereocenters. The van der Waals surface area contributed by atoms with E-state index in [-0.39, 0.29) is 5.70 Å². The number of allylic oxidation sites excluding steroid dienone is 1. The lowest BCUT2D eigenvalue weighted by molar-refractivity contribution is -0.417. The van der Waals surface area contributed by atoms with Crippen LogP contribution in [0.3, 0.4) is 0 Å². The third kappa shape index (κ3) is 1.25. The second-order valence-corrected chi connectivity index (χ2v) is 4.01. The lowest BCUT2D eigenvalue weighted by atomic mass is 10.6. The van der Waals surface area contributed by atoms with Crippen LogP contribution >= 0.6 is 23.5 Å². The van der Waals surface area contributed by atoms with Crippen molar-refractivity contribution in [3.05, 3.63) is 20.0 Å². The SMILES string of the molecule is N#CC(=C1SCS1)[N+](=O)[O-]. The van der Waals surface area contributed by atoms with Crippen LogP contribution in [0.25, 0.3) is 0 Å². The largest absolute Gasteiger partial charge is 0.365 e. The minimum atomic E-state index is -0.644. The van der Waals surface area contributed by atoms with E-state index in [4.69, 9.17) is 5.26 Å². The molecule has 0 radical (unpaired) electrons. The summed E-state index contributed by atoms with van der Waals surface area (Å²) in [4.78, 5) is 9.42. The Morgan fingerprint density at radius 2 is 2.40 bits per heavy atom. The first-order chi connectivity index (χ1) is 4.75. The van der Waals surface area contributed by atoms with Gasteiger partial charge in [0.15, 0.2) is 6.07 Å². The molecule has 0 aromatic heterocycles. The molecule has 0 bridgehead atoms. The van der Waals surface area contributed by atoms with E-state index < -0.39 is 4.92 Å². The van der Waals surface area contributed by atoms with E-state index in [2.05, 4.69) is 0 Å². The zero-order valence-electron chi connectivity index (χ0n) is 4.73. The molecule has 1 saturated heterocycles. The fraction of sp³-hybridized carbons (Fsp3) is 0.250. The van der Waals surface area contributed by atoms with Crippen molar-refractivity contribution >= 4 is 23.5 Å². The summed E-state index contributed by atoms with van der Waals surface area (Å²) in [5, 5.41) is 19.1. The summed E-state index contributed by atoms with van der Waals surface area (Å²) in [5.74, 6) is 0. The Kier molecular flexibility index (Phi) is 2.19. The van der Waals surface area contributed by atoms with Gasteiger partial charge in [-0.05, 0) is 0 Å². The molecule has 10 heavy (non-hydrogen) atoms. The van der Waals surface area contributed by atoms with Crippen LogP contribution in [-0.4, -0.2) is 10.0 Å². The highest BCUT2D eigenvalue weighted by atomic mass is 32.3. The van der Waals surface area contributed by atoms with E-state index in [9.17, 15) is 10.1 Å². The highest BCUT2D eigenvalue weighted by Gasteiger charge is 2.24. The zero-order chi connectivity index (χ0) is 7.56. The molecule has 0 spiro atoms. The molecule has 0 atom stereocenters. The standard InChI is InChI=1S/C4H2N2O2S2/c5-1-3(6(7)8)4-9-2-10-4/h2H2. The number of nitriles is 1. The Balaban J connectivity index is 2.84. The van der Waals surface area contributed by atoms with E-state index in [1.807, 2.05) is 0 Å². The van der Waals surface area contributed by atoms with Crippen LogP contribution in [0.2, 0.25) is 0 Å². The Bertz CT molecular complexity index is 236. The fourth-order valence-electron chi connectivity index (χ4n) is 0.416. The first-order valence-corrected chi connectivity index (χ1v) is 4.27. The lowest BCUT2D eigenvalue weighted by Gasteiger charge is -2.11. The molecule has 0 amide bonds. The Hall–Kier alpha value is -0.670. The van der Waals surface area contributed by atoms with Gasteiger partial charge in [-0.25, -0.2) is 0 Å². The molecule has 0 aromatic carbocycles. The Morgan fingerprint density at radius 1 is 1.80 bits per heavy atom. The van der Waals surface area contributed by atoms with E-state index in [1.54, 1.807) is 6.07 Å². The number of nitrogens with zero attached hydrogens (tertiary/aromatic N) is 2. The lowest BCUT2D eigenvalue weighted by Crippen LogP contribution is -2.01. The topological polar surface area (TPSA) is 66.9 Å². The van der Waals surface area contributed by atoms with Crippen molar-refractivity contribution in [1.29, 1.82) is 5.26 Å². The quantitative estimate of drug-likeness (QED) is 0.341. The first kappa shape index (κ1) is 7.44. The number of nitro groups is 1. The first-order valence-electron chi connectivity index (χ1n) is 2.30. The van der Waals surface area contributed by atoms with Gasteiger partial charge in [-0.1, -0.05) is 0 Å². The van der Waals surface area contributed by atoms with Crippen molar-refractivity contribution in [3.63, 3.8) is 0 Å². The maximum atomic E-state index is 10.1. The maximum absolute atomic E-state index is 10.1. The molecule has 52 valence electrons. The number of rotatable bonds is 1. The van der Waals surface area contributed by atoms with Gasteiger partial charge >= 0.3 is 5.70 Å². The molecule has 0 aromatic rings. The molecule has 1 aliphatic rings. The van der Waals surface area contributed by atoms with Gasteiger partial charge in [-0.3, -0.25) is 10.1 Å². The summed E-state index contributed by atoms with van der Waals surface area (Å²) in [5.41, 5.74) is -0.318. The molecular formula is C4H2N2O2S2. The van der Waals surface area contributed by atoms with Gasteiger partial charge < -0.3 is 0 Å². The molecular weight excluding hydrogens is 172 g/mol. The van der Waals surface area contributed by atoms with Crippen LogP contribution in [0, 0.1) is 21.4 Å². The van der Waals surface area contributed by atoms with Crippen LogP contribution < -0.4 is 0 Å². The van der Waals surface area contributed by atoms with Crippen molar-refractivity contribution in [1.82, 2.24) is 0 Å². The average molecular weight is 174 g/mol. The van der Waals surface area contributed by atoms with E-state index in [1.165, 1.54) is 23.5 Å². The summed E-state index contributed by atoms with van der Waals surface area (Å²) >= 11 is 2.69. The summed E-state index contributed by atoms with van der Waals surface area (Å²) < 4.78 is 0.535. The van der Waals surface area contributed by atoms with Crippen molar-refractivity contribution in [2.24, 2.45) is 0 Å². The molecule has 0 N–H and O–H groups in total. The molecule has 0 saturated carbocycles. The normalized spacial score (nSPS) is 15.3. The summed E-state index contributed by atoms with van der Waals surface area (Å²) in [6, 6.07) is 1.54. The van der Waals surface area contributed by atoms with E-state index >= 15 is 0 Å². The van der Waals surface area contributed by atoms with Gasteiger partial charge in [-0.2, -0.15) is 5.26 Å². The summed E-state index contributed by atoms with van der Waals surface area (Å²) in [6.07, 6.45) is 0. The minimum absolute atomic E-state index is 0.318. The van der Waals surface area contributed by atoms with Crippen LogP contribution in [-0.2, 0) is 0 Å². The van der Waals surface area contributed by atoms with Crippen LogP contribution in [0.4, 0.5) is 0 Å². The summed E-state index contributed by atoms with van der Waals surface area (Å²) in [6.45, 7) is 0. The molecule has 1 fully saturated rings. The van der Waals surface area contributed by atoms with Gasteiger partial charge in [0, 0.05) is 0 Å². The molecule has 1 rings (SSSR count). The number of thioether (sulfide) groups is 2. The molecule has 1 aliphatic heterocycles. The van der Waals surface area contributed by atoms with E-state index in [0.29, 0.717) is 4.24 Å². The maximum Gasteiger partial charge on any atom is 0.365 e. The molecule has 6 heteroatoms. The third-order valence-corrected chi connectivity index (χ3v) is 3.42. The zero-order valence-corrected chi connectivity index (χ0v) is 6.37.